The zero-order valence-corrected chi connectivity index (χ0v) is 10.3. The fraction of sp³-hybridized carbons (Fsp3) is 0.364. The van der Waals surface area contributed by atoms with Crippen molar-refractivity contribution in [3.05, 3.63) is 34.1 Å². The summed E-state index contributed by atoms with van der Waals surface area (Å²) in [6, 6.07) is 2.67. The highest BCUT2D eigenvalue weighted by Gasteiger charge is 2.16. The Kier molecular flexibility index (Phi) is 3.85. The maximum absolute atomic E-state index is 13.3. The molecule has 0 unspecified atom stereocenters. The van der Waals surface area contributed by atoms with Gasteiger partial charge in [0, 0.05) is 23.4 Å². The second-order valence-corrected chi connectivity index (χ2v) is 4.75. The van der Waals surface area contributed by atoms with Crippen molar-refractivity contribution in [2.45, 2.75) is 26.3 Å². The minimum atomic E-state index is -0.992. The topological polar surface area (TPSA) is 84.3 Å². The van der Waals surface area contributed by atoms with Gasteiger partial charge in [-0.2, -0.15) is 4.39 Å². The molecule has 0 heterocycles. The van der Waals surface area contributed by atoms with Crippen molar-refractivity contribution >= 4 is 17.4 Å². The Labute approximate surface area is 103 Å². The summed E-state index contributed by atoms with van der Waals surface area (Å²) >= 11 is 0. The van der Waals surface area contributed by atoms with E-state index >= 15 is 0 Å². The molecule has 0 saturated heterocycles. The van der Waals surface area contributed by atoms with Crippen LogP contribution in [0.5, 0.6) is 0 Å². The average Bonchev–Trinajstić information content (AvgIpc) is 2.13. The van der Waals surface area contributed by atoms with E-state index in [4.69, 9.17) is 0 Å². The van der Waals surface area contributed by atoms with E-state index in [2.05, 4.69) is 10.6 Å². The summed E-state index contributed by atoms with van der Waals surface area (Å²) in [5.41, 5.74) is -0.903. The summed E-state index contributed by atoms with van der Waals surface area (Å²) in [6.45, 7) is 5.38. The van der Waals surface area contributed by atoms with E-state index in [9.17, 15) is 19.3 Å². The van der Waals surface area contributed by atoms with Crippen LogP contribution in [0.1, 0.15) is 20.8 Å². The Balaban J connectivity index is 2.78. The maximum atomic E-state index is 13.3. The van der Waals surface area contributed by atoms with Crippen molar-refractivity contribution in [3.63, 3.8) is 0 Å². The number of carbonyl (C=O) groups is 1. The largest absolute Gasteiger partial charge is 0.333 e. The molecule has 1 aromatic rings. The first-order valence-corrected chi connectivity index (χ1v) is 5.22. The number of carbonyl (C=O) groups excluding carboxylic acids is 1. The SMILES string of the molecule is CC(C)(C)NC(=O)Nc1ccc([N+](=O)[O-])c(F)c1. The molecule has 18 heavy (non-hydrogen) atoms. The van der Waals surface area contributed by atoms with Gasteiger partial charge in [0.2, 0.25) is 5.82 Å². The number of halogens is 1. The van der Waals surface area contributed by atoms with Gasteiger partial charge in [-0.3, -0.25) is 10.1 Å². The third-order valence-electron chi connectivity index (χ3n) is 1.89. The van der Waals surface area contributed by atoms with Crippen LogP contribution in [-0.4, -0.2) is 16.5 Å². The summed E-state index contributed by atoms with van der Waals surface area (Å²) in [7, 11) is 0. The fourth-order valence-corrected chi connectivity index (χ4v) is 1.24. The lowest BCUT2D eigenvalue weighted by Crippen LogP contribution is -2.43. The molecule has 0 aliphatic heterocycles. The average molecular weight is 255 g/mol. The van der Waals surface area contributed by atoms with E-state index in [-0.39, 0.29) is 5.69 Å². The third-order valence-corrected chi connectivity index (χ3v) is 1.89. The van der Waals surface area contributed by atoms with Crippen LogP contribution < -0.4 is 10.6 Å². The monoisotopic (exact) mass is 255 g/mol. The molecular weight excluding hydrogens is 241 g/mol. The van der Waals surface area contributed by atoms with Gasteiger partial charge in [-0.25, -0.2) is 4.79 Å². The second kappa shape index (κ2) is 4.99. The summed E-state index contributed by atoms with van der Waals surface area (Å²) in [6.07, 6.45) is 0. The van der Waals surface area contributed by atoms with Crippen LogP contribution in [0, 0.1) is 15.9 Å². The summed E-state index contributed by atoms with van der Waals surface area (Å²) in [4.78, 5) is 21.1. The van der Waals surface area contributed by atoms with Crippen LogP contribution in [0.25, 0.3) is 0 Å². The Morgan fingerprint density at radius 2 is 2.00 bits per heavy atom. The molecule has 6 nitrogen and oxygen atoms in total. The first kappa shape index (κ1) is 13.9. The van der Waals surface area contributed by atoms with Crippen LogP contribution in [0.15, 0.2) is 18.2 Å². The van der Waals surface area contributed by atoms with E-state index in [0.717, 1.165) is 12.1 Å². The number of hydrogen-bond acceptors (Lipinski definition) is 3. The van der Waals surface area contributed by atoms with E-state index in [1.54, 1.807) is 20.8 Å². The van der Waals surface area contributed by atoms with Gasteiger partial charge in [0.05, 0.1) is 4.92 Å². The molecular formula is C11H14FN3O3. The number of benzene rings is 1. The Morgan fingerprint density at radius 1 is 1.39 bits per heavy atom. The number of amides is 2. The Hall–Kier alpha value is -2.18. The van der Waals surface area contributed by atoms with Crippen LogP contribution >= 0.6 is 0 Å². The van der Waals surface area contributed by atoms with Gasteiger partial charge in [-0.15, -0.1) is 0 Å². The van der Waals surface area contributed by atoms with Gasteiger partial charge < -0.3 is 10.6 Å². The van der Waals surface area contributed by atoms with Gasteiger partial charge in [0.25, 0.3) is 0 Å². The molecule has 0 spiro atoms. The lowest BCUT2D eigenvalue weighted by atomic mass is 10.1. The van der Waals surface area contributed by atoms with Crippen molar-refractivity contribution in [2.75, 3.05) is 5.32 Å². The third kappa shape index (κ3) is 4.00. The molecule has 2 amide bonds. The number of rotatable bonds is 2. The van der Waals surface area contributed by atoms with E-state index < -0.39 is 28.0 Å². The molecule has 0 fully saturated rings. The van der Waals surface area contributed by atoms with Gasteiger partial charge in [-0.1, -0.05) is 0 Å². The number of nitrogens with zero attached hydrogens (tertiary/aromatic N) is 1. The molecule has 0 radical (unpaired) electrons. The molecule has 0 aliphatic rings. The fourth-order valence-electron chi connectivity index (χ4n) is 1.24. The first-order valence-electron chi connectivity index (χ1n) is 5.22. The summed E-state index contributed by atoms with van der Waals surface area (Å²) < 4.78 is 13.3. The lowest BCUT2D eigenvalue weighted by molar-refractivity contribution is -0.387. The van der Waals surface area contributed by atoms with Crippen molar-refractivity contribution < 1.29 is 14.1 Å². The number of anilines is 1. The molecule has 0 aliphatic carbocycles. The van der Waals surface area contributed by atoms with Crippen LogP contribution in [0.4, 0.5) is 20.6 Å². The van der Waals surface area contributed by atoms with Gasteiger partial charge in [0.1, 0.15) is 0 Å². The first-order chi connectivity index (χ1) is 8.19. The quantitative estimate of drug-likeness (QED) is 0.629. The molecule has 1 aromatic carbocycles. The van der Waals surface area contributed by atoms with Gasteiger partial charge in [-0.05, 0) is 26.8 Å². The van der Waals surface area contributed by atoms with Crippen molar-refractivity contribution in [1.29, 1.82) is 0 Å². The van der Waals surface area contributed by atoms with Gasteiger partial charge >= 0.3 is 11.7 Å². The van der Waals surface area contributed by atoms with Crippen LogP contribution in [0.3, 0.4) is 0 Å². The molecule has 2 N–H and O–H groups in total. The normalized spacial score (nSPS) is 10.9. The molecule has 0 bridgehead atoms. The lowest BCUT2D eigenvalue weighted by Gasteiger charge is -2.20. The number of urea groups is 1. The van der Waals surface area contributed by atoms with Crippen molar-refractivity contribution in [1.82, 2.24) is 5.32 Å². The Morgan fingerprint density at radius 3 is 2.44 bits per heavy atom. The minimum absolute atomic E-state index is 0.153. The van der Waals surface area contributed by atoms with Gasteiger partial charge in [0.15, 0.2) is 0 Å². The molecule has 7 heteroatoms. The van der Waals surface area contributed by atoms with E-state index in [1.165, 1.54) is 6.07 Å². The highest BCUT2D eigenvalue weighted by molar-refractivity contribution is 5.89. The van der Waals surface area contributed by atoms with Crippen molar-refractivity contribution in [3.8, 4) is 0 Å². The maximum Gasteiger partial charge on any atom is 0.319 e. The standard InChI is InChI=1S/C11H14FN3O3/c1-11(2,3)14-10(16)13-7-4-5-9(15(17)18)8(12)6-7/h4-6H,1-3H3,(H2,13,14,16). The smallest absolute Gasteiger partial charge is 0.319 e. The zero-order chi connectivity index (χ0) is 13.9. The van der Waals surface area contributed by atoms with Crippen molar-refractivity contribution in [2.24, 2.45) is 0 Å². The number of nitro benzene ring substituents is 1. The number of nitro groups is 1. The van der Waals surface area contributed by atoms with E-state index in [0.29, 0.717) is 0 Å². The zero-order valence-electron chi connectivity index (χ0n) is 10.3. The van der Waals surface area contributed by atoms with Crippen LogP contribution in [0.2, 0.25) is 0 Å². The predicted molar refractivity (Wildman–Crippen MR) is 65.0 cm³/mol. The highest BCUT2D eigenvalue weighted by atomic mass is 19.1. The molecule has 98 valence electrons. The van der Waals surface area contributed by atoms with E-state index in [1.807, 2.05) is 0 Å². The highest BCUT2D eigenvalue weighted by Crippen LogP contribution is 2.20. The molecule has 0 aromatic heterocycles. The second-order valence-electron chi connectivity index (χ2n) is 4.75. The Bertz CT molecular complexity index is 483. The summed E-state index contributed by atoms with van der Waals surface area (Å²) in [5, 5.41) is 15.4. The number of nitrogens with one attached hydrogen (secondary N) is 2. The molecule has 0 atom stereocenters. The molecule has 1 rings (SSSR count). The van der Waals surface area contributed by atoms with Crippen LogP contribution in [-0.2, 0) is 0 Å². The number of hydrogen-bond donors (Lipinski definition) is 2. The minimum Gasteiger partial charge on any atom is -0.333 e. The summed E-state index contributed by atoms with van der Waals surface area (Å²) in [5.74, 6) is -0.992. The predicted octanol–water partition coefficient (Wildman–Crippen LogP) is 2.65. The molecule has 0 saturated carbocycles.